The summed E-state index contributed by atoms with van der Waals surface area (Å²) in [7, 11) is 0. The van der Waals surface area contributed by atoms with Gasteiger partial charge in [0.15, 0.2) is 0 Å². The quantitative estimate of drug-likeness (QED) is 0.487. The zero-order chi connectivity index (χ0) is 19.4. The molecule has 0 saturated heterocycles. The Balaban J connectivity index is 0.00000129. The number of rotatable bonds is 6. The Morgan fingerprint density at radius 1 is 1.00 bits per heavy atom. The second-order valence-electron chi connectivity index (χ2n) is 6.78. The van der Waals surface area contributed by atoms with Gasteiger partial charge in [-0.2, -0.15) is 0 Å². The number of nitrogens with one attached hydrogen (secondary N) is 1. The molecule has 1 amide bonds. The van der Waals surface area contributed by atoms with Crippen molar-refractivity contribution in [1.29, 1.82) is 0 Å². The number of ether oxygens (including phenoxy) is 2. The molecule has 1 fully saturated rings. The minimum atomic E-state index is -1.83. The third kappa shape index (κ3) is 12.1. The number of amides is 1. The first-order valence-electron chi connectivity index (χ1n) is 8.70. The number of carbonyl (C=O) groups excluding carboxylic acids is 2. The van der Waals surface area contributed by atoms with Crippen molar-refractivity contribution in [2.75, 3.05) is 6.54 Å². The molecule has 25 heavy (non-hydrogen) atoms. The lowest BCUT2D eigenvalue weighted by atomic mass is 9.89. The molecule has 1 atom stereocenters. The average molecular weight is 361 g/mol. The van der Waals surface area contributed by atoms with Gasteiger partial charge in [-0.3, -0.25) is 4.79 Å². The van der Waals surface area contributed by atoms with Gasteiger partial charge in [0.2, 0.25) is 0 Å². The van der Waals surface area contributed by atoms with Crippen LogP contribution in [0.4, 0.5) is 9.59 Å². The van der Waals surface area contributed by atoms with Gasteiger partial charge in [-0.05, 0) is 18.8 Å². The fourth-order valence-corrected chi connectivity index (χ4v) is 2.31. The van der Waals surface area contributed by atoms with E-state index in [4.69, 9.17) is 24.5 Å². The number of hydrogen-bond donors (Lipinski definition) is 3. The van der Waals surface area contributed by atoms with Gasteiger partial charge in [-0.1, -0.05) is 47.0 Å². The number of carboxylic acid groups (broad SMARTS) is 2. The van der Waals surface area contributed by atoms with E-state index in [1.54, 1.807) is 13.8 Å². The Bertz CT molecular complexity index is 413. The van der Waals surface area contributed by atoms with Crippen LogP contribution in [0.1, 0.15) is 59.8 Å². The van der Waals surface area contributed by atoms with E-state index >= 15 is 0 Å². The normalized spacial score (nSPS) is 15.8. The molecule has 1 aliphatic carbocycles. The predicted molar refractivity (Wildman–Crippen MR) is 91.3 cm³/mol. The number of carbonyl (C=O) groups is 3. The molecule has 0 heterocycles. The molecular weight excluding hydrogens is 330 g/mol. The van der Waals surface area contributed by atoms with Crippen molar-refractivity contribution >= 4 is 18.2 Å². The third-order valence-electron chi connectivity index (χ3n) is 3.73. The SMILES string of the molecule is CC(C)C(=O)OC(OC(=O)NCC1CCCCC1)C(C)C.O=C(O)O. The first kappa shape index (κ1) is 23.0. The molecule has 0 bridgehead atoms. The number of esters is 1. The minimum Gasteiger partial charge on any atom is -0.450 e. The Morgan fingerprint density at radius 3 is 1.96 bits per heavy atom. The summed E-state index contributed by atoms with van der Waals surface area (Å²) in [6, 6.07) is 0. The molecule has 1 unspecified atom stereocenters. The van der Waals surface area contributed by atoms with E-state index in [2.05, 4.69) is 5.32 Å². The highest BCUT2D eigenvalue weighted by Gasteiger charge is 2.24. The third-order valence-corrected chi connectivity index (χ3v) is 3.73. The summed E-state index contributed by atoms with van der Waals surface area (Å²) in [5, 5.41) is 16.7. The van der Waals surface area contributed by atoms with Gasteiger partial charge in [0.05, 0.1) is 5.92 Å². The van der Waals surface area contributed by atoms with Crippen LogP contribution in [0.3, 0.4) is 0 Å². The maximum absolute atomic E-state index is 11.8. The molecule has 0 aliphatic heterocycles. The maximum Gasteiger partial charge on any atom is 0.503 e. The summed E-state index contributed by atoms with van der Waals surface area (Å²) in [4.78, 5) is 32.0. The van der Waals surface area contributed by atoms with Crippen LogP contribution in [-0.2, 0) is 14.3 Å². The van der Waals surface area contributed by atoms with E-state index in [1.807, 2.05) is 13.8 Å². The molecule has 1 rings (SSSR count). The van der Waals surface area contributed by atoms with Gasteiger partial charge in [-0.25, -0.2) is 9.59 Å². The van der Waals surface area contributed by atoms with Crippen molar-refractivity contribution in [2.45, 2.75) is 66.1 Å². The standard InChI is InChI=1S/C16H29NO4.CH2O3/c1-11(2)14(18)20-15(12(3)4)21-16(19)17-10-13-8-6-5-7-9-13;2-1(3)4/h11-13,15H,5-10H2,1-4H3,(H,17,19);(H2,2,3,4). The van der Waals surface area contributed by atoms with E-state index < -0.39 is 18.5 Å². The highest BCUT2D eigenvalue weighted by Crippen LogP contribution is 2.22. The van der Waals surface area contributed by atoms with E-state index in [0.717, 1.165) is 12.8 Å². The Hall–Kier alpha value is -1.99. The Labute approximate surface area is 148 Å². The minimum absolute atomic E-state index is 0.0758. The van der Waals surface area contributed by atoms with Gasteiger partial charge in [0, 0.05) is 12.5 Å². The molecule has 8 heteroatoms. The van der Waals surface area contributed by atoms with Crippen LogP contribution in [0.25, 0.3) is 0 Å². The van der Waals surface area contributed by atoms with Crippen LogP contribution in [0.5, 0.6) is 0 Å². The van der Waals surface area contributed by atoms with E-state index in [9.17, 15) is 9.59 Å². The second-order valence-corrected chi connectivity index (χ2v) is 6.78. The van der Waals surface area contributed by atoms with E-state index in [1.165, 1.54) is 19.3 Å². The lowest BCUT2D eigenvalue weighted by molar-refractivity contribution is -0.178. The van der Waals surface area contributed by atoms with Gasteiger partial charge in [-0.15, -0.1) is 0 Å². The molecule has 1 saturated carbocycles. The Kier molecular flexibility index (Phi) is 11.4. The molecule has 0 aromatic carbocycles. The number of alkyl carbamates (subject to hydrolysis) is 1. The summed E-state index contributed by atoms with van der Waals surface area (Å²) in [5.74, 6) is -0.121. The highest BCUT2D eigenvalue weighted by molar-refractivity contribution is 5.72. The van der Waals surface area contributed by atoms with Gasteiger partial charge < -0.3 is 25.0 Å². The summed E-state index contributed by atoms with van der Waals surface area (Å²) in [6.07, 6.45) is 2.93. The van der Waals surface area contributed by atoms with Crippen LogP contribution in [-0.4, -0.2) is 41.3 Å². The Morgan fingerprint density at radius 2 is 1.52 bits per heavy atom. The maximum atomic E-state index is 11.8. The molecule has 1 aliphatic rings. The zero-order valence-electron chi connectivity index (χ0n) is 15.5. The van der Waals surface area contributed by atoms with Gasteiger partial charge in [0.25, 0.3) is 6.29 Å². The summed E-state index contributed by atoms with van der Waals surface area (Å²) >= 11 is 0. The molecular formula is C17H31NO7. The molecule has 146 valence electrons. The molecule has 0 spiro atoms. The van der Waals surface area contributed by atoms with Crippen molar-refractivity contribution in [1.82, 2.24) is 5.32 Å². The molecule has 8 nitrogen and oxygen atoms in total. The summed E-state index contributed by atoms with van der Waals surface area (Å²) in [5.41, 5.74) is 0. The largest absolute Gasteiger partial charge is 0.503 e. The van der Waals surface area contributed by atoms with Crippen molar-refractivity contribution in [3.05, 3.63) is 0 Å². The molecule has 3 N–H and O–H groups in total. The second kappa shape index (κ2) is 12.4. The van der Waals surface area contributed by atoms with Crippen LogP contribution < -0.4 is 5.32 Å². The lowest BCUT2D eigenvalue weighted by Crippen LogP contribution is -2.37. The van der Waals surface area contributed by atoms with Crippen molar-refractivity contribution in [3.8, 4) is 0 Å². The molecule has 0 radical (unpaired) electrons. The summed E-state index contributed by atoms with van der Waals surface area (Å²) in [6.45, 7) is 7.85. The van der Waals surface area contributed by atoms with Crippen molar-refractivity contribution in [3.63, 3.8) is 0 Å². The molecule has 0 aromatic rings. The lowest BCUT2D eigenvalue weighted by Gasteiger charge is -2.24. The average Bonchev–Trinajstić information content (AvgIpc) is 2.52. The topological polar surface area (TPSA) is 122 Å². The number of hydrogen-bond acceptors (Lipinski definition) is 5. The van der Waals surface area contributed by atoms with E-state index in [-0.39, 0.29) is 17.8 Å². The van der Waals surface area contributed by atoms with Crippen LogP contribution >= 0.6 is 0 Å². The van der Waals surface area contributed by atoms with Crippen molar-refractivity contribution < 1.29 is 34.1 Å². The fraction of sp³-hybridized carbons (Fsp3) is 0.824. The van der Waals surface area contributed by atoms with Crippen LogP contribution in [0, 0.1) is 17.8 Å². The van der Waals surface area contributed by atoms with Gasteiger partial charge in [0.1, 0.15) is 0 Å². The molecule has 0 aromatic heterocycles. The van der Waals surface area contributed by atoms with Crippen LogP contribution in [0.15, 0.2) is 0 Å². The monoisotopic (exact) mass is 361 g/mol. The first-order chi connectivity index (χ1) is 11.6. The highest BCUT2D eigenvalue weighted by atomic mass is 16.7. The van der Waals surface area contributed by atoms with Crippen LogP contribution in [0.2, 0.25) is 0 Å². The fourth-order valence-electron chi connectivity index (χ4n) is 2.31. The zero-order valence-corrected chi connectivity index (χ0v) is 15.5. The smallest absolute Gasteiger partial charge is 0.450 e. The first-order valence-corrected chi connectivity index (χ1v) is 8.70. The van der Waals surface area contributed by atoms with E-state index in [0.29, 0.717) is 12.5 Å². The van der Waals surface area contributed by atoms with Gasteiger partial charge >= 0.3 is 18.2 Å². The predicted octanol–water partition coefficient (Wildman–Crippen LogP) is 3.70. The van der Waals surface area contributed by atoms with Crippen molar-refractivity contribution in [2.24, 2.45) is 17.8 Å². The summed E-state index contributed by atoms with van der Waals surface area (Å²) < 4.78 is 10.4.